The molecule has 0 aromatic heterocycles. The van der Waals surface area contributed by atoms with Gasteiger partial charge in [0, 0.05) is 7.05 Å². The van der Waals surface area contributed by atoms with E-state index in [9.17, 15) is 13.2 Å². The Morgan fingerprint density at radius 3 is 2.56 bits per heavy atom. The minimum absolute atomic E-state index is 0.0143. The summed E-state index contributed by atoms with van der Waals surface area (Å²) in [6.07, 6.45) is 0. The number of sulfonamides is 1. The number of methoxy groups -OCH3 is 1. The maximum atomic E-state index is 12.2. The van der Waals surface area contributed by atoms with Crippen molar-refractivity contribution in [2.75, 3.05) is 26.4 Å². The Bertz CT molecular complexity index is 554. The van der Waals surface area contributed by atoms with Gasteiger partial charge in [0.15, 0.2) is 0 Å². The van der Waals surface area contributed by atoms with Crippen molar-refractivity contribution in [3.63, 3.8) is 0 Å². The predicted molar refractivity (Wildman–Crippen MR) is 67.4 cm³/mol. The Hall–Kier alpha value is -1.60. The summed E-state index contributed by atoms with van der Waals surface area (Å²) in [4.78, 5) is 11.1. The van der Waals surface area contributed by atoms with E-state index in [0.29, 0.717) is 0 Å². The van der Waals surface area contributed by atoms with Gasteiger partial charge in [0.05, 0.1) is 12.8 Å². The van der Waals surface area contributed by atoms with Gasteiger partial charge in [0.25, 0.3) is 0 Å². The van der Waals surface area contributed by atoms with Crippen LogP contribution in [0.25, 0.3) is 0 Å². The lowest BCUT2D eigenvalue weighted by Crippen LogP contribution is -2.33. The molecule has 6 nitrogen and oxygen atoms in total. The number of aryl methyl sites for hydroxylation is 1. The molecule has 7 heteroatoms. The lowest BCUT2D eigenvalue weighted by molar-refractivity contribution is -0.140. The molecule has 18 heavy (non-hydrogen) atoms. The van der Waals surface area contributed by atoms with E-state index in [2.05, 4.69) is 4.74 Å². The first kappa shape index (κ1) is 14.5. The summed E-state index contributed by atoms with van der Waals surface area (Å²) >= 11 is 0. The number of carbonyl (C=O) groups is 1. The van der Waals surface area contributed by atoms with Gasteiger partial charge in [0.1, 0.15) is 11.4 Å². The van der Waals surface area contributed by atoms with Crippen LogP contribution in [0.2, 0.25) is 0 Å². The van der Waals surface area contributed by atoms with E-state index in [0.717, 1.165) is 9.87 Å². The molecule has 0 saturated heterocycles. The number of nitrogen functional groups attached to an aromatic ring is 1. The molecular weight excluding hydrogens is 256 g/mol. The summed E-state index contributed by atoms with van der Waals surface area (Å²) in [5, 5.41) is 0. The molecule has 0 saturated carbocycles. The van der Waals surface area contributed by atoms with E-state index in [1.54, 1.807) is 12.1 Å². The van der Waals surface area contributed by atoms with E-state index < -0.39 is 16.0 Å². The molecule has 0 bridgehead atoms. The van der Waals surface area contributed by atoms with Crippen molar-refractivity contribution >= 4 is 21.7 Å². The molecule has 0 aliphatic heterocycles. The highest BCUT2D eigenvalue weighted by Gasteiger charge is 2.25. The van der Waals surface area contributed by atoms with Crippen LogP contribution in [0, 0.1) is 6.92 Å². The van der Waals surface area contributed by atoms with Crippen molar-refractivity contribution in [3.8, 4) is 0 Å². The van der Waals surface area contributed by atoms with Crippen LogP contribution < -0.4 is 5.73 Å². The van der Waals surface area contributed by atoms with Gasteiger partial charge in [-0.15, -0.1) is 0 Å². The molecule has 1 aromatic carbocycles. The van der Waals surface area contributed by atoms with Crippen molar-refractivity contribution in [1.82, 2.24) is 4.31 Å². The van der Waals surface area contributed by atoms with Crippen LogP contribution in [0.15, 0.2) is 23.1 Å². The first-order valence-electron chi connectivity index (χ1n) is 5.18. The predicted octanol–water partition coefficient (Wildman–Crippen LogP) is 0.371. The zero-order chi connectivity index (χ0) is 13.9. The highest BCUT2D eigenvalue weighted by molar-refractivity contribution is 7.89. The number of carbonyl (C=O) groups excluding carboxylic acids is 1. The van der Waals surface area contributed by atoms with Gasteiger partial charge in [0.2, 0.25) is 10.0 Å². The maximum Gasteiger partial charge on any atom is 0.321 e. The van der Waals surface area contributed by atoms with E-state index in [-0.39, 0.29) is 17.1 Å². The monoisotopic (exact) mass is 272 g/mol. The Morgan fingerprint density at radius 2 is 2.06 bits per heavy atom. The zero-order valence-electron chi connectivity index (χ0n) is 10.5. The van der Waals surface area contributed by atoms with Crippen LogP contribution in [0.5, 0.6) is 0 Å². The van der Waals surface area contributed by atoms with Crippen LogP contribution in [0.3, 0.4) is 0 Å². The number of nitrogens with zero attached hydrogens (tertiary/aromatic N) is 1. The minimum Gasteiger partial charge on any atom is -0.468 e. The molecule has 2 N–H and O–H groups in total. The lowest BCUT2D eigenvalue weighted by atomic mass is 10.2. The van der Waals surface area contributed by atoms with Gasteiger partial charge in [-0.25, -0.2) is 8.42 Å². The molecule has 0 spiro atoms. The third kappa shape index (κ3) is 2.99. The normalized spacial score (nSPS) is 11.6. The molecular formula is C11H16N2O4S. The first-order valence-corrected chi connectivity index (χ1v) is 6.62. The highest BCUT2D eigenvalue weighted by Crippen LogP contribution is 2.22. The standard InChI is InChI=1S/C11H16N2O4S/c1-8-4-5-10(9(12)6-8)18(15,16)13(2)7-11(14)17-3/h4-6H,7,12H2,1-3H3. The zero-order valence-corrected chi connectivity index (χ0v) is 11.3. The molecule has 0 radical (unpaired) electrons. The fourth-order valence-electron chi connectivity index (χ4n) is 1.40. The van der Waals surface area contributed by atoms with Crippen LogP contribution in [-0.2, 0) is 19.6 Å². The van der Waals surface area contributed by atoms with Crippen LogP contribution in [0.1, 0.15) is 5.56 Å². The van der Waals surface area contributed by atoms with E-state index >= 15 is 0 Å². The molecule has 100 valence electrons. The molecule has 1 aromatic rings. The molecule has 1 rings (SSSR count). The third-order valence-electron chi connectivity index (χ3n) is 2.43. The second-order valence-corrected chi connectivity index (χ2v) is 5.89. The van der Waals surface area contributed by atoms with Crippen molar-refractivity contribution in [1.29, 1.82) is 0 Å². The fourth-order valence-corrected chi connectivity index (χ4v) is 2.61. The topological polar surface area (TPSA) is 89.7 Å². The molecule has 0 heterocycles. The number of likely N-dealkylation sites (N-methyl/N-ethyl adjacent to an activating group) is 1. The number of benzene rings is 1. The van der Waals surface area contributed by atoms with E-state index in [4.69, 9.17) is 5.73 Å². The van der Waals surface area contributed by atoms with Crippen LogP contribution in [-0.4, -0.2) is 39.4 Å². The highest BCUT2D eigenvalue weighted by atomic mass is 32.2. The Morgan fingerprint density at radius 1 is 1.44 bits per heavy atom. The Kier molecular flexibility index (Phi) is 4.31. The van der Waals surface area contributed by atoms with E-state index in [1.165, 1.54) is 20.2 Å². The Labute approximate surface area is 106 Å². The number of ether oxygens (including phenoxy) is 1. The van der Waals surface area contributed by atoms with Crippen molar-refractivity contribution < 1.29 is 17.9 Å². The summed E-state index contributed by atoms with van der Waals surface area (Å²) in [6, 6.07) is 4.64. The maximum absolute atomic E-state index is 12.2. The Balaban J connectivity index is 3.09. The SMILES string of the molecule is COC(=O)CN(C)S(=O)(=O)c1ccc(C)cc1N. The number of hydrogen-bond acceptors (Lipinski definition) is 5. The summed E-state index contributed by atoms with van der Waals surface area (Å²) in [6.45, 7) is 1.46. The van der Waals surface area contributed by atoms with Gasteiger partial charge in [-0.3, -0.25) is 4.79 Å². The van der Waals surface area contributed by atoms with Gasteiger partial charge >= 0.3 is 5.97 Å². The first-order chi connectivity index (χ1) is 8.28. The molecule has 0 unspecified atom stereocenters. The second-order valence-electron chi connectivity index (χ2n) is 3.88. The minimum atomic E-state index is -3.78. The third-order valence-corrected chi connectivity index (χ3v) is 4.31. The largest absolute Gasteiger partial charge is 0.468 e. The molecule has 0 atom stereocenters. The van der Waals surface area contributed by atoms with Gasteiger partial charge in [-0.2, -0.15) is 4.31 Å². The number of esters is 1. The average Bonchev–Trinajstić information content (AvgIpc) is 2.28. The summed E-state index contributed by atoms with van der Waals surface area (Å²) in [5.41, 5.74) is 6.71. The molecule has 0 aliphatic rings. The molecule has 0 amide bonds. The van der Waals surface area contributed by atoms with Crippen LogP contribution >= 0.6 is 0 Å². The molecule has 0 aliphatic carbocycles. The number of nitrogens with two attached hydrogens (primary N) is 1. The average molecular weight is 272 g/mol. The second kappa shape index (κ2) is 5.36. The summed E-state index contributed by atoms with van der Waals surface area (Å²) in [7, 11) is -1.29. The van der Waals surface area contributed by atoms with E-state index in [1.807, 2.05) is 6.92 Å². The van der Waals surface area contributed by atoms with Crippen LogP contribution in [0.4, 0.5) is 5.69 Å². The summed E-state index contributed by atoms with van der Waals surface area (Å²) < 4.78 is 29.6. The quantitative estimate of drug-likeness (QED) is 0.632. The van der Waals surface area contributed by atoms with Crippen molar-refractivity contribution in [3.05, 3.63) is 23.8 Å². The molecule has 0 fully saturated rings. The van der Waals surface area contributed by atoms with Crippen molar-refractivity contribution in [2.24, 2.45) is 0 Å². The number of hydrogen-bond donors (Lipinski definition) is 1. The summed E-state index contributed by atoms with van der Waals surface area (Å²) in [5.74, 6) is -0.633. The fraction of sp³-hybridized carbons (Fsp3) is 0.364. The van der Waals surface area contributed by atoms with Crippen molar-refractivity contribution in [2.45, 2.75) is 11.8 Å². The smallest absolute Gasteiger partial charge is 0.321 e. The number of rotatable bonds is 4. The van der Waals surface area contributed by atoms with Gasteiger partial charge in [-0.05, 0) is 24.6 Å². The van der Waals surface area contributed by atoms with Gasteiger partial charge in [-0.1, -0.05) is 6.07 Å². The van der Waals surface area contributed by atoms with Gasteiger partial charge < -0.3 is 10.5 Å². The number of anilines is 1. The lowest BCUT2D eigenvalue weighted by Gasteiger charge is -2.17.